The van der Waals surface area contributed by atoms with E-state index in [0.29, 0.717) is 57.2 Å². The Morgan fingerprint density at radius 1 is 1.13 bits per heavy atom. The molecule has 1 aromatic heterocycles. The van der Waals surface area contributed by atoms with E-state index < -0.39 is 17.2 Å². The third-order valence-electron chi connectivity index (χ3n) is 7.58. The maximum absolute atomic E-state index is 13.9. The van der Waals surface area contributed by atoms with Crippen LogP contribution in [0.5, 0.6) is 5.88 Å². The number of anilines is 2. The van der Waals surface area contributed by atoms with Crippen molar-refractivity contribution < 1.29 is 22.7 Å². The number of alkyl halides is 3. The van der Waals surface area contributed by atoms with Gasteiger partial charge in [-0.3, -0.25) is 4.79 Å². The van der Waals surface area contributed by atoms with Crippen LogP contribution in [0, 0.1) is 11.3 Å². The van der Waals surface area contributed by atoms with Crippen LogP contribution in [0.25, 0.3) is 11.1 Å². The van der Waals surface area contributed by atoms with Gasteiger partial charge in [-0.1, -0.05) is 12.1 Å². The van der Waals surface area contributed by atoms with E-state index in [1.807, 2.05) is 48.2 Å². The Balaban J connectivity index is 1.47. The van der Waals surface area contributed by atoms with Crippen LogP contribution >= 0.6 is 0 Å². The van der Waals surface area contributed by atoms with Crippen LogP contribution < -0.4 is 20.3 Å². The van der Waals surface area contributed by atoms with Crippen molar-refractivity contribution in [3.63, 3.8) is 0 Å². The van der Waals surface area contributed by atoms with Gasteiger partial charge in [0.1, 0.15) is 6.07 Å². The summed E-state index contributed by atoms with van der Waals surface area (Å²) in [5.41, 5.74) is 8.09. The number of pyridine rings is 1. The number of nitrogens with zero attached hydrogens (tertiary/aromatic N) is 4. The number of nitriles is 1. The van der Waals surface area contributed by atoms with Gasteiger partial charge in [-0.2, -0.15) is 18.4 Å². The molecule has 39 heavy (non-hydrogen) atoms. The molecule has 3 heterocycles. The number of hydrogen-bond donors (Lipinski definition) is 1. The predicted octanol–water partition coefficient (Wildman–Crippen LogP) is 4.88. The van der Waals surface area contributed by atoms with E-state index in [9.17, 15) is 23.2 Å². The number of nitrogens with two attached hydrogens (primary N) is 1. The fraction of sp³-hybridized carbons (Fsp3) is 0.345. The molecule has 3 aromatic rings. The number of hydrogen-bond acceptors (Lipinski definition) is 6. The minimum Gasteiger partial charge on any atom is -0.478 e. The molecule has 2 aromatic carbocycles. The van der Waals surface area contributed by atoms with Gasteiger partial charge in [0.05, 0.1) is 28.8 Å². The van der Waals surface area contributed by atoms with Crippen LogP contribution in [-0.4, -0.2) is 43.7 Å². The van der Waals surface area contributed by atoms with Gasteiger partial charge in [0.2, 0.25) is 11.8 Å². The van der Waals surface area contributed by atoms with Gasteiger partial charge < -0.3 is 20.3 Å². The topological polar surface area (TPSA) is 95.5 Å². The first-order valence-corrected chi connectivity index (χ1v) is 12.8. The Bertz CT molecular complexity index is 1440. The SMILES string of the molecule is CCOc1ncccc1-c1ccc2c(c1)N(CCN)C(=O)C21CCN(c2ccc(C(F)(F)F)cc2C#N)CC1. The number of ether oxygens (including phenoxy) is 1. The molecule has 0 saturated carbocycles. The van der Waals surface area contributed by atoms with Crippen LogP contribution in [-0.2, 0) is 16.4 Å². The largest absolute Gasteiger partial charge is 0.478 e. The monoisotopic (exact) mass is 535 g/mol. The number of aromatic nitrogens is 1. The molecule has 2 aliphatic heterocycles. The number of carbonyl (C=O) groups is 1. The fourth-order valence-electron chi connectivity index (χ4n) is 5.71. The van der Waals surface area contributed by atoms with Gasteiger partial charge in [-0.25, -0.2) is 4.98 Å². The summed E-state index contributed by atoms with van der Waals surface area (Å²) in [7, 11) is 0. The Morgan fingerprint density at radius 3 is 2.56 bits per heavy atom. The third kappa shape index (κ3) is 4.57. The summed E-state index contributed by atoms with van der Waals surface area (Å²) in [5.74, 6) is 0.492. The van der Waals surface area contributed by atoms with Crippen LogP contribution in [0.1, 0.15) is 36.5 Å². The number of piperidine rings is 1. The van der Waals surface area contributed by atoms with Crippen LogP contribution in [0.4, 0.5) is 24.5 Å². The van der Waals surface area contributed by atoms with E-state index >= 15 is 0 Å². The molecule has 0 bridgehead atoms. The van der Waals surface area contributed by atoms with E-state index in [2.05, 4.69) is 4.98 Å². The quantitative estimate of drug-likeness (QED) is 0.484. The Kier molecular flexibility index (Phi) is 6.95. The second-order valence-electron chi connectivity index (χ2n) is 9.68. The predicted molar refractivity (Wildman–Crippen MR) is 142 cm³/mol. The van der Waals surface area contributed by atoms with Crippen molar-refractivity contribution in [1.29, 1.82) is 5.26 Å². The molecule has 1 spiro atoms. The summed E-state index contributed by atoms with van der Waals surface area (Å²) in [6.07, 6.45) is -1.94. The highest BCUT2D eigenvalue weighted by Crippen LogP contribution is 2.50. The van der Waals surface area contributed by atoms with E-state index in [4.69, 9.17) is 10.5 Å². The van der Waals surface area contributed by atoms with Gasteiger partial charge in [-0.05, 0) is 67.3 Å². The second kappa shape index (κ2) is 10.2. The number of amides is 1. The molecular formula is C29H28F3N5O2. The van der Waals surface area contributed by atoms with Crippen molar-refractivity contribution >= 4 is 17.3 Å². The average Bonchev–Trinajstić information content (AvgIpc) is 3.15. The van der Waals surface area contributed by atoms with Gasteiger partial charge >= 0.3 is 6.18 Å². The van der Waals surface area contributed by atoms with Crippen molar-refractivity contribution in [2.75, 3.05) is 42.6 Å². The second-order valence-corrected chi connectivity index (χ2v) is 9.68. The lowest BCUT2D eigenvalue weighted by Gasteiger charge is -2.40. The highest BCUT2D eigenvalue weighted by atomic mass is 19.4. The number of rotatable bonds is 6. The molecule has 10 heteroatoms. The maximum Gasteiger partial charge on any atom is 0.416 e. The Morgan fingerprint density at radius 2 is 1.90 bits per heavy atom. The van der Waals surface area contributed by atoms with Crippen LogP contribution in [0.3, 0.4) is 0 Å². The zero-order valence-corrected chi connectivity index (χ0v) is 21.5. The lowest BCUT2D eigenvalue weighted by atomic mass is 9.73. The number of benzene rings is 2. The fourth-order valence-corrected chi connectivity index (χ4v) is 5.71. The summed E-state index contributed by atoms with van der Waals surface area (Å²) >= 11 is 0. The molecule has 0 unspecified atom stereocenters. The molecule has 202 valence electrons. The van der Waals surface area contributed by atoms with Crippen LogP contribution in [0.15, 0.2) is 54.7 Å². The lowest BCUT2D eigenvalue weighted by molar-refractivity contribution is -0.137. The first-order chi connectivity index (χ1) is 18.7. The minimum atomic E-state index is -4.53. The van der Waals surface area contributed by atoms with E-state index in [0.717, 1.165) is 34.5 Å². The summed E-state index contributed by atoms with van der Waals surface area (Å²) in [6, 6.07) is 14.8. The first kappa shape index (κ1) is 26.5. The highest BCUT2D eigenvalue weighted by Gasteiger charge is 2.52. The van der Waals surface area contributed by atoms with Crippen molar-refractivity contribution in [3.8, 4) is 23.1 Å². The average molecular weight is 536 g/mol. The summed E-state index contributed by atoms with van der Waals surface area (Å²) in [5, 5.41) is 9.55. The molecule has 7 nitrogen and oxygen atoms in total. The van der Waals surface area contributed by atoms with Crippen molar-refractivity contribution in [2.45, 2.75) is 31.4 Å². The molecule has 0 radical (unpaired) electrons. The van der Waals surface area contributed by atoms with Gasteiger partial charge in [0, 0.05) is 43.6 Å². The molecule has 5 rings (SSSR count). The minimum absolute atomic E-state index is 0.0242. The molecule has 1 amide bonds. The molecular weight excluding hydrogens is 507 g/mol. The Hall–Kier alpha value is -4.10. The third-order valence-corrected chi connectivity index (χ3v) is 7.58. The zero-order valence-electron chi connectivity index (χ0n) is 21.5. The van der Waals surface area contributed by atoms with Gasteiger partial charge in [0.25, 0.3) is 0 Å². The van der Waals surface area contributed by atoms with E-state index in [-0.39, 0.29) is 11.5 Å². The molecule has 0 aliphatic carbocycles. The Labute approximate surface area is 224 Å². The normalized spacial score (nSPS) is 16.4. The molecule has 0 atom stereocenters. The smallest absolute Gasteiger partial charge is 0.416 e. The van der Waals surface area contributed by atoms with E-state index in [1.54, 1.807) is 11.1 Å². The van der Waals surface area contributed by atoms with Crippen molar-refractivity contribution in [3.05, 3.63) is 71.4 Å². The maximum atomic E-state index is 13.9. The van der Waals surface area contributed by atoms with E-state index in [1.165, 1.54) is 6.07 Å². The molecule has 1 saturated heterocycles. The number of carbonyl (C=O) groups excluding carboxylic acids is 1. The summed E-state index contributed by atoms with van der Waals surface area (Å²) < 4.78 is 45.2. The first-order valence-electron chi connectivity index (χ1n) is 12.8. The lowest BCUT2D eigenvalue weighted by Crippen LogP contribution is -2.49. The van der Waals surface area contributed by atoms with Crippen molar-refractivity contribution in [2.24, 2.45) is 5.73 Å². The molecule has 1 fully saturated rings. The van der Waals surface area contributed by atoms with Crippen LogP contribution in [0.2, 0.25) is 0 Å². The highest BCUT2D eigenvalue weighted by molar-refractivity contribution is 6.09. The van der Waals surface area contributed by atoms with Gasteiger partial charge in [-0.15, -0.1) is 0 Å². The number of fused-ring (bicyclic) bond motifs is 2. The summed E-state index contributed by atoms with van der Waals surface area (Å²) in [4.78, 5) is 21.9. The molecule has 2 aliphatic rings. The van der Waals surface area contributed by atoms with Gasteiger partial charge in [0.15, 0.2) is 0 Å². The summed E-state index contributed by atoms with van der Waals surface area (Å²) in [6.45, 7) is 3.86. The number of halogens is 3. The standard InChI is InChI=1S/C29H28F3N5O2/c1-2-39-26-22(4-3-12-35-26)19-5-7-23-25(17-19)37(15-11-33)27(38)28(23)9-13-36(14-10-28)24-8-6-21(29(30,31)32)16-20(24)18-34/h3-8,12,16-17H,2,9-11,13-15,33H2,1H3. The molecule has 2 N–H and O–H groups in total. The zero-order chi connectivity index (χ0) is 27.8. The van der Waals surface area contributed by atoms with Crippen molar-refractivity contribution in [1.82, 2.24) is 4.98 Å².